The third-order valence-corrected chi connectivity index (χ3v) is 3.61. The first-order valence-corrected chi connectivity index (χ1v) is 6.87. The molecule has 0 unspecified atom stereocenters. The number of ether oxygens (including phenoxy) is 1. The molecular formula is C15H20N2O3. The number of amides is 2. The van der Waals surface area contributed by atoms with E-state index >= 15 is 0 Å². The van der Waals surface area contributed by atoms with Crippen molar-refractivity contribution < 1.29 is 14.3 Å². The number of carbonyl (C=O) groups excluding carboxylic acids is 2. The average Bonchev–Trinajstić information content (AvgIpc) is 2.47. The number of hydrogen-bond acceptors (Lipinski definition) is 3. The molecule has 1 aromatic rings. The maximum atomic E-state index is 12.3. The van der Waals surface area contributed by atoms with Crippen molar-refractivity contribution in [1.29, 1.82) is 0 Å². The van der Waals surface area contributed by atoms with E-state index in [1.54, 1.807) is 11.8 Å². The minimum atomic E-state index is -0.525. The van der Waals surface area contributed by atoms with E-state index < -0.39 is 6.10 Å². The Kier molecular flexibility index (Phi) is 4.61. The number of rotatable bonds is 4. The van der Waals surface area contributed by atoms with E-state index in [1.807, 2.05) is 30.3 Å². The third-order valence-electron chi connectivity index (χ3n) is 3.61. The molecule has 108 valence electrons. The van der Waals surface area contributed by atoms with Crippen LogP contribution in [0.25, 0.3) is 0 Å². The summed E-state index contributed by atoms with van der Waals surface area (Å²) >= 11 is 0. The van der Waals surface area contributed by atoms with Crippen LogP contribution in [0.5, 0.6) is 5.75 Å². The Morgan fingerprint density at radius 3 is 2.40 bits per heavy atom. The van der Waals surface area contributed by atoms with Gasteiger partial charge < -0.3 is 15.4 Å². The molecule has 1 heterocycles. The number of carbonyl (C=O) groups is 2. The van der Waals surface area contributed by atoms with Crippen LogP contribution in [-0.2, 0) is 9.59 Å². The van der Waals surface area contributed by atoms with E-state index in [4.69, 9.17) is 10.5 Å². The number of nitrogens with two attached hydrogens (primary N) is 1. The minimum Gasteiger partial charge on any atom is -0.481 e. The second kappa shape index (κ2) is 6.41. The lowest BCUT2D eigenvalue weighted by Crippen LogP contribution is -2.46. The van der Waals surface area contributed by atoms with Gasteiger partial charge in [-0.3, -0.25) is 9.59 Å². The Morgan fingerprint density at radius 2 is 1.85 bits per heavy atom. The van der Waals surface area contributed by atoms with E-state index in [2.05, 4.69) is 0 Å². The van der Waals surface area contributed by atoms with Gasteiger partial charge in [0.25, 0.3) is 5.91 Å². The van der Waals surface area contributed by atoms with Gasteiger partial charge >= 0.3 is 0 Å². The molecule has 2 N–H and O–H groups in total. The maximum absolute atomic E-state index is 12.3. The van der Waals surface area contributed by atoms with Gasteiger partial charge in [0.05, 0.1) is 0 Å². The molecule has 0 bridgehead atoms. The first-order valence-electron chi connectivity index (χ1n) is 6.87. The summed E-state index contributed by atoms with van der Waals surface area (Å²) in [6.07, 6.45) is 0.751. The van der Waals surface area contributed by atoms with Crippen LogP contribution in [0.3, 0.4) is 0 Å². The molecule has 2 rings (SSSR count). The van der Waals surface area contributed by atoms with Crippen molar-refractivity contribution in [3.63, 3.8) is 0 Å². The van der Waals surface area contributed by atoms with E-state index in [0.29, 0.717) is 31.7 Å². The van der Waals surface area contributed by atoms with Gasteiger partial charge in [-0.25, -0.2) is 0 Å². The Morgan fingerprint density at radius 1 is 1.25 bits per heavy atom. The van der Waals surface area contributed by atoms with Gasteiger partial charge in [-0.2, -0.15) is 0 Å². The molecule has 0 aliphatic carbocycles. The Hall–Kier alpha value is -2.04. The maximum Gasteiger partial charge on any atom is 0.263 e. The molecule has 1 fully saturated rings. The van der Waals surface area contributed by atoms with Crippen molar-refractivity contribution in [2.75, 3.05) is 13.1 Å². The molecule has 0 spiro atoms. The van der Waals surface area contributed by atoms with Crippen LogP contribution in [-0.4, -0.2) is 35.9 Å². The standard InChI is InChI=1S/C15H20N2O3/c1-11(20-13-5-3-2-4-6-13)15(19)17-9-7-12(8-10-17)14(16)18/h2-6,11-12H,7-10H2,1H3,(H2,16,18)/t11-/m1/s1. The van der Waals surface area contributed by atoms with Gasteiger partial charge in [-0.15, -0.1) is 0 Å². The first-order chi connectivity index (χ1) is 9.58. The van der Waals surface area contributed by atoms with Crippen LogP contribution in [0.1, 0.15) is 19.8 Å². The Bertz CT molecular complexity index is 467. The zero-order valence-corrected chi connectivity index (χ0v) is 11.6. The minimum absolute atomic E-state index is 0.0447. The van der Waals surface area contributed by atoms with Crippen LogP contribution in [0.4, 0.5) is 0 Å². The van der Waals surface area contributed by atoms with Gasteiger partial charge in [0.15, 0.2) is 6.10 Å². The van der Waals surface area contributed by atoms with Gasteiger partial charge in [-0.1, -0.05) is 18.2 Å². The van der Waals surface area contributed by atoms with Crippen LogP contribution < -0.4 is 10.5 Å². The number of benzene rings is 1. The number of primary amides is 1. The second-order valence-corrected chi connectivity index (χ2v) is 5.08. The van der Waals surface area contributed by atoms with Crippen molar-refractivity contribution >= 4 is 11.8 Å². The molecule has 1 aliphatic rings. The van der Waals surface area contributed by atoms with Gasteiger partial charge in [0.1, 0.15) is 5.75 Å². The molecule has 20 heavy (non-hydrogen) atoms. The van der Waals surface area contributed by atoms with Crippen molar-refractivity contribution in [2.24, 2.45) is 11.7 Å². The third kappa shape index (κ3) is 3.50. The smallest absolute Gasteiger partial charge is 0.263 e. The van der Waals surface area contributed by atoms with E-state index in [1.165, 1.54) is 0 Å². The lowest BCUT2D eigenvalue weighted by Gasteiger charge is -2.32. The van der Waals surface area contributed by atoms with E-state index in [-0.39, 0.29) is 17.7 Å². The van der Waals surface area contributed by atoms with Gasteiger partial charge in [0.2, 0.25) is 5.91 Å². The molecule has 1 aromatic carbocycles. The molecule has 1 saturated heterocycles. The first kappa shape index (κ1) is 14.4. The summed E-state index contributed by atoms with van der Waals surface area (Å²) in [5.41, 5.74) is 5.28. The normalized spacial score (nSPS) is 17.6. The fraction of sp³-hybridized carbons (Fsp3) is 0.467. The largest absolute Gasteiger partial charge is 0.481 e. The summed E-state index contributed by atoms with van der Waals surface area (Å²) in [6.45, 7) is 2.87. The van der Waals surface area contributed by atoms with Crippen LogP contribution in [0.15, 0.2) is 30.3 Å². The molecule has 2 amide bonds. The fourth-order valence-corrected chi connectivity index (χ4v) is 2.40. The van der Waals surface area contributed by atoms with E-state index in [0.717, 1.165) is 0 Å². The molecule has 0 radical (unpaired) electrons. The number of likely N-dealkylation sites (tertiary alicyclic amines) is 1. The number of hydrogen-bond donors (Lipinski definition) is 1. The number of piperidine rings is 1. The summed E-state index contributed by atoms with van der Waals surface area (Å²) in [4.78, 5) is 25.1. The van der Waals surface area contributed by atoms with Crippen molar-refractivity contribution in [2.45, 2.75) is 25.9 Å². The van der Waals surface area contributed by atoms with Crippen molar-refractivity contribution in [3.8, 4) is 5.75 Å². The summed E-state index contributed by atoms with van der Waals surface area (Å²) in [5, 5.41) is 0. The predicted molar refractivity (Wildman–Crippen MR) is 75.0 cm³/mol. The Balaban J connectivity index is 1.87. The predicted octanol–water partition coefficient (Wildman–Crippen LogP) is 1.18. The average molecular weight is 276 g/mol. The molecule has 5 nitrogen and oxygen atoms in total. The quantitative estimate of drug-likeness (QED) is 0.897. The highest BCUT2D eigenvalue weighted by molar-refractivity contribution is 5.82. The van der Waals surface area contributed by atoms with E-state index in [9.17, 15) is 9.59 Å². The zero-order chi connectivity index (χ0) is 14.5. The van der Waals surface area contributed by atoms with Crippen molar-refractivity contribution in [1.82, 2.24) is 4.90 Å². The molecule has 1 aliphatic heterocycles. The monoisotopic (exact) mass is 276 g/mol. The number of nitrogens with zero attached hydrogens (tertiary/aromatic N) is 1. The van der Waals surface area contributed by atoms with Gasteiger partial charge in [0, 0.05) is 19.0 Å². The lowest BCUT2D eigenvalue weighted by molar-refractivity contribution is -0.140. The topological polar surface area (TPSA) is 72.6 Å². The SMILES string of the molecule is C[C@@H](Oc1ccccc1)C(=O)N1CCC(C(N)=O)CC1. The molecule has 1 atom stereocenters. The van der Waals surface area contributed by atoms with Crippen LogP contribution in [0, 0.1) is 5.92 Å². The van der Waals surface area contributed by atoms with Crippen molar-refractivity contribution in [3.05, 3.63) is 30.3 Å². The van der Waals surface area contributed by atoms with Crippen LogP contribution >= 0.6 is 0 Å². The zero-order valence-electron chi connectivity index (χ0n) is 11.6. The molecule has 5 heteroatoms. The molecular weight excluding hydrogens is 256 g/mol. The summed E-state index contributed by atoms with van der Waals surface area (Å²) in [5.74, 6) is 0.257. The summed E-state index contributed by atoms with van der Waals surface area (Å²) in [7, 11) is 0. The molecule has 0 aromatic heterocycles. The number of para-hydroxylation sites is 1. The van der Waals surface area contributed by atoms with Crippen LogP contribution in [0.2, 0.25) is 0 Å². The summed E-state index contributed by atoms with van der Waals surface area (Å²) in [6, 6.07) is 9.27. The highest BCUT2D eigenvalue weighted by atomic mass is 16.5. The summed E-state index contributed by atoms with van der Waals surface area (Å²) < 4.78 is 5.62. The molecule has 0 saturated carbocycles. The Labute approximate surface area is 118 Å². The van der Waals surface area contributed by atoms with Gasteiger partial charge in [-0.05, 0) is 31.9 Å². The second-order valence-electron chi connectivity index (χ2n) is 5.08. The highest BCUT2D eigenvalue weighted by Gasteiger charge is 2.28. The highest BCUT2D eigenvalue weighted by Crippen LogP contribution is 2.18. The fourth-order valence-electron chi connectivity index (χ4n) is 2.40. The lowest BCUT2D eigenvalue weighted by atomic mass is 9.96.